The Morgan fingerprint density at radius 1 is 1.35 bits per heavy atom. The Bertz CT molecular complexity index is 530. The molecule has 0 radical (unpaired) electrons. The van der Waals surface area contributed by atoms with E-state index < -0.39 is 5.97 Å². The van der Waals surface area contributed by atoms with E-state index in [1.165, 1.54) is 5.56 Å². The number of carboxylic acid groups (broad SMARTS) is 1. The van der Waals surface area contributed by atoms with Gasteiger partial charge in [0.1, 0.15) is 12.7 Å². The maximum Gasteiger partial charge on any atom is 0.333 e. The second-order valence-corrected chi connectivity index (χ2v) is 4.49. The third-order valence-electron chi connectivity index (χ3n) is 2.36. The number of epoxide rings is 1. The Morgan fingerprint density at radius 3 is 2.17 bits per heavy atom. The SMILES string of the molecule is C=C(C)C(=O)OCC1CO1.C=CC(=O)O.C=Cc1ccccc1. The molecule has 1 aliphatic heterocycles. The van der Waals surface area contributed by atoms with Crippen LogP contribution in [0.1, 0.15) is 12.5 Å². The molecule has 1 saturated heterocycles. The van der Waals surface area contributed by atoms with Crippen molar-refractivity contribution in [1.29, 1.82) is 0 Å². The Morgan fingerprint density at radius 2 is 1.87 bits per heavy atom. The van der Waals surface area contributed by atoms with Crippen LogP contribution in [-0.4, -0.2) is 36.4 Å². The normalized spacial score (nSPS) is 13.9. The number of aliphatic carboxylic acids is 1. The molecule has 0 saturated carbocycles. The molecule has 1 aromatic carbocycles. The molecular weight excluding hydrogens is 296 g/mol. The van der Waals surface area contributed by atoms with Gasteiger partial charge in [-0.1, -0.05) is 56.1 Å². The highest BCUT2D eigenvalue weighted by atomic mass is 16.6. The lowest BCUT2D eigenvalue weighted by molar-refractivity contribution is -0.139. The monoisotopic (exact) mass is 318 g/mol. The molecule has 0 amide bonds. The number of benzene rings is 1. The first-order chi connectivity index (χ1) is 10.9. The Balaban J connectivity index is 0.000000335. The van der Waals surface area contributed by atoms with E-state index in [0.717, 1.165) is 6.08 Å². The van der Waals surface area contributed by atoms with Crippen LogP contribution in [0, 0.1) is 0 Å². The average molecular weight is 318 g/mol. The minimum Gasteiger partial charge on any atom is -0.478 e. The van der Waals surface area contributed by atoms with Crippen LogP contribution in [0.25, 0.3) is 6.08 Å². The van der Waals surface area contributed by atoms with E-state index in [1.807, 2.05) is 36.4 Å². The fourth-order valence-electron chi connectivity index (χ4n) is 1.05. The van der Waals surface area contributed by atoms with Crippen molar-refractivity contribution in [3.8, 4) is 0 Å². The molecule has 1 heterocycles. The van der Waals surface area contributed by atoms with Crippen LogP contribution in [0.15, 0.2) is 61.7 Å². The van der Waals surface area contributed by atoms with E-state index >= 15 is 0 Å². The zero-order valence-electron chi connectivity index (χ0n) is 13.2. The largest absolute Gasteiger partial charge is 0.478 e. The van der Waals surface area contributed by atoms with Crippen molar-refractivity contribution in [2.75, 3.05) is 13.2 Å². The number of hydrogen-bond acceptors (Lipinski definition) is 4. The summed E-state index contributed by atoms with van der Waals surface area (Å²) in [4.78, 5) is 19.9. The number of carbonyl (C=O) groups excluding carboxylic acids is 1. The fraction of sp³-hybridized carbons (Fsp3) is 0.222. The third-order valence-corrected chi connectivity index (χ3v) is 2.36. The summed E-state index contributed by atoms with van der Waals surface area (Å²) >= 11 is 0. The summed E-state index contributed by atoms with van der Waals surface area (Å²) in [5.41, 5.74) is 1.60. The first-order valence-corrected chi connectivity index (χ1v) is 6.87. The lowest BCUT2D eigenvalue weighted by Gasteiger charge is -1.99. The minimum atomic E-state index is -0.981. The molecule has 1 aliphatic rings. The Hall–Kier alpha value is -2.66. The maximum absolute atomic E-state index is 10.7. The third kappa shape index (κ3) is 12.8. The maximum atomic E-state index is 10.7. The molecule has 0 bridgehead atoms. The van der Waals surface area contributed by atoms with E-state index in [4.69, 9.17) is 14.6 Å². The van der Waals surface area contributed by atoms with Crippen LogP contribution in [0.2, 0.25) is 0 Å². The standard InChI is InChI=1S/C8H8.C7H10O3.C3H4O2/c1-2-8-6-4-3-5-7-8;1-5(2)7(8)10-4-6-3-9-6;1-2-3(4)5/h2-7H,1H2;6H,1,3-4H2,2H3;2H,1H2,(H,4,5). The topological polar surface area (TPSA) is 76.1 Å². The summed E-state index contributed by atoms with van der Waals surface area (Å²) < 4.78 is 9.60. The summed E-state index contributed by atoms with van der Waals surface area (Å²) in [5.74, 6) is -1.32. The van der Waals surface area contributed by atoms with Crippen molar-refractivity contribution in [2.24, 2.45) is 0 Å². The summed E-state index contributed by atoms with van der Waals surface area (Å²) in [6.45, 7) is 12.7. The Kier molecular flexibility index (Phi) is 10.6. The van der Waals surface area contributed by atoms with Crippen LogP contribution in [0.5, 0.6) is 0 Å². The average Bonchev–Trinajstić information content (AvgIpc) is 3.38. The van der Waals surface area contributed by atoms with Gasteiger partial charge in [-0.05, 0) is 12.5 Å². The van der Waals surface area contributed by atoms with Crippen LogP contribution < -0.4 is 0 Å². The van der Waals surface area contributed by atoms with Crippen molar-refractivity contribution in [1.82, 2.24) is 0 Å². The van der Waals surface area contributed by atoms with Gasteiger partial charge in [-0.25, -0.2) is 9.59 Å². The molecule has 1 fully saturated rings. The quantitative estimate of drug-likeness (QED) is 0.513. The minimum absolute atomic E-state index is 0.142. The zero-order chi connectivity index (χ0) is 17.7. The Labute approximate surface area is 136 Å². The highest BCUT2D eigenvalue weighted by Gasteiger charge is 2.24. The molecule has 0 spiro atoms. The van der Waals surface area contributed by atoms with Crippen molar-refractivity contribution in [3.63, 3.8) is 0 Å². The first kappa shape index (κ1) is 20.3. The van der Waals surface area contributed by atoms with Gasteiger partial charge < -0.3 is 14.6 Å². The molecule has 0 aromatic heterocycles. The number of hydrogen-bond donors (Lipinski definition) is 1. The molecule has 1 unspecified atom stereocenters. The zero-order valence-corrected chi connectivity index (χ0v) is 13.2. The number of ether oxygens (including phenoxy) is 2. The molecule has 0 aliphatic carbocycles. The fourth-order valence-corrected chi connectivity index (χ4v) is 1.05. The van der Waals surface area contributed by atoms with Crippen LogP contribution in [0.4, 0.5) is 0 Å². The predicted octanol–water partition coefficient (Wildman–Crippen LogP) is 3.09. The van der Waals surface area contributed by atoms with Gasteiger partial charge in [0.15, 0.2) is 0 Å². The molecule has 1 aromatic rings. The number of carbonyl (C=O) groups is 2. The molecule has 5 nitrogen and oxygen atoms in total. The molecular formula is C18H22O5. The van der Waals surface area contributed by atoms with Crippen molar-refractivity contribution in [3.05, 3.63) is 67.3 Å². The lowest BCUT2D eigenvalue weighted by atomic mass is 10.2. The lowest BCUT2D eigenvalue weighted by Crippen LogP contribution is -2.09. The molecule has 124 valence electrons. The molecule has 5 heteroatoms. The van der Waals surface area contributed by atoms with Crippen molar-refractivity contribution < 1.29 is 24.2 Å². The van der Waals surface area contributed by atoms with Gasteiger partial charge in [0.25, 0.3) is 0 Å². The summed E-state index contributed by atoms with van der Waals surface area (Å²) in [7, 11) is 0. The summed E-state index contributed by atoms with van der Waals surface area (Å²) in [5, 5.41) is 7.60. The van der Waals surface area contributed by atoms with Crippen molar-refractivity contribution in [2.45, 2.75) is 13.0 Å². The van der Waals surface area contributed by atoms with E-state index in [-0.39, 0.29) is 12.1 Å². The van der Waals surface area contributed by atoms with Crippen LogP contribution in [-0.2, 0) is 19.1 Å². The van der Waals surface area contributed by atoms with Crippen LogP contribution >= 0.6 is 0 Å². The smallest absolute Gasteiger partial charge is 0.333 e. The van der Waals surface area contributed by atoms with E-state index in [9.17, 15) is 9.59 Å². The number of esters is 1. The highest BCUT2D eigenvalue weighted by molar-refractivity contribution is 5.86. The predicted molar refractivity (Wildman–Crippen MR) is 89.9 cm³/mol. The first-order valence-electron chi connectivity index (χ1n) is 6.87. The van der Waals surface area contributed by atoms with Crippen molar-refractivity contribution >= 4 is 18.0 Å². The van der Waals surface area contributed by atoms with Crippen LogP contribution in [0.3, 0.4) is 0 Å². The summed E-state index contributed by atoms with van der Waals surface area (Å²) in [6.07, 6.45) is 2.81. The van der Waals surface area contributed by atoms with E-state index in [2.05, 4.69) is 19.7 Å². The molecule has 2 rings (SSSR count). The van der Waals surface area contributed by atoms with Gasteiger partial charge in [-0.2, -0.15) is 0 Å². The van der Waals surface area contributed by atoms with Gasteiger partial charge in [0.2, 0.25) is 0 Å². The van der Waals surface area contributed by atoms with Gasteiger partial charge >= 0.3 is 11.9 Å². The molecule has 1 N–H and O–H groups in total. The second-order valence-electron chi connectivity index (χ2n) is 4.49. The molecule has 23 heavy (non-hydrogen) atoms. The van der Waals surface area contributed by atoms with Gasteiger partial charge in [0.05, 0.1) is 6.61 Å². The summed E-state index contributed by atoms with van der Waals surface area (Å²) in [6, 6.07) is 10.0. The number of rotatable bonds is 5. The van der Waals surface area contributed by atoms with E-state index in [0.29, 0.717) is 18.8 Å². The highest BCUT2D eigenvalue weighted by Crippen LogP contribution is 2.09. The second kappa shape index (κ2) is 11.9. The van der Waals surface area contributed by atoms with Gasteiger partial charge in [0, 0.05) is 11.6 Å². The van der Waals surface area contributed by atoms with Gasteiger partial charge in [-0.3, -0.25) is 0 Å². The number of carboxylic acids is 1. The molecule has 1 atom stereocenters. The van der Waals surface area contributed by atoms with Gasteiger partial charge in [-0.15, -0.1) is 0 Å². The van der Waals surface area contributed by atoms with E-state index in [1.54, 1.807) is 6.92 Å².